The van der Waals surface area contributed by atoms with Gasteiger partial charge in [0.15, 0.2) is 5.58 Å². The van der Waals surface area contributed by atoms with Crippen LogP contribution in [0.1, 0.15) is 0 Å². The normalized spacial score (nSPS) is 11.7. The largest absolute Gasteiger partial charge is 0.436 e. The Labute approximate surface area is 286 Å². The highest BCUT2D eigenvalue weighted by Crippen LogP contribution is 2.46. The third-order valence-corrected chi connectivity index (χ3v) is 10.7. The van der Waals surface area contributed by atoms with Crippen molar-refractivity contribution in [3.05, 3.63) is 170 Å². The SMILES string of the molecule is c1ccc(-c2ccc(N(c3ccc4ccc5ccccc5c4c3)c3cccc4c3sc3cc5nc(-c6ccccc6)oc5cc34)cc2)cc1. The van der Waals surface area contributed by atoms with E-state index in [-0.39, 0.29) is 0 Å². The molecule has 49 heavy (non-hydrogen) atoms. The van der Waals surface area contributed by atoms with Crippen molar-refractivity contribution in [2.24, 2.45) is 0 Å². The topological polar surface area (TPSA) is 29.3 Å². The van der Waals surface area contributed by atoms with Crippen LogP contribution in [0.4, 0.5) is 17.1 Å². The Morgan fingerprint density at radius 1 is 0.469 bits per heavy atom. The molecular weight excluding hydrogens is 617 g/mol. The molecule has 10 aromatic rings. The van der Waals surface area contributed by atoms with Crippen LogP contribution in [0.25, 0.3) is 75.4 Å². The molecule has 2 heterocycles. The van der Waals surface area contributed by atoms with Gasteiger partial charge in [-0.15, -0.1) is 11.3 Å². The minimum atomic E-state index is 0.646. The van der Waals surface area contributed by atoms with Gasteiger partial charge in [0.1, 0.15) is 5.52 Å². The lowest BCUT2D eigenvalue weighted by molar-refractivity contribution is 0.620. The Morgan fingerprint density at radius 3 is 1.94 bits per heavy atom. The van der Waals surface area contributed by atoms with Crippen LogP contribution in [-0.2, 0) is 0 Å². The van der Waals surface area contributed by atoms with E-state index in [1.54, 1.807) is 0 Å². The van der Waals surface area contributed by atoms with Gasteiger partial charge in [0, 0.05) is 32.4 Å². The molecule has 0 aliphatic heterocycles. The van der Waals surface area contributed by atoms with Crippen molar-refractivity contribution in [2.45, 2.75) is 0 Å². The summed E-state index contributed by atoms with van der Waals surface area (Å²) in [6.07, 6.45) is 0. The minimum Gasteiger partial charge on any atom is -0.436 e. The molecule has 2 aromatic heterocycles. The highest BCUT2D eigenvalue weighted by molar-refractivity contribution is 7.26. The van der Waals surface area contributed by atoms with Gasteiger partial charge in [0.25, 0.3) is 0 Å². The van der Waals surface area contributed by atoms with E-state index >= 15 is 0 Å². The summed E-state index contributed by atoms with van der Waals surface area (Å²) in [5.74, 6) is 0.646. The fourth-order valence-electron chi connectivity index (χ4n) is 7.07. The van der Waals surface area contributed by atoms with Gasteiger partial charge in [-0.25, -0.2) is 4.98 Å². The molecule has 0 saturated carbocycles. The summed E-state index contributed by atoms with van der Waals surface area (Å²) in [6, 6.07) is 60.5. The second-order valence-corrected chi connectivity index (χ2v) is 13.4. The van der Waals surface area contributed by atoms with Gasteiger partial charge in [0.2, 0.25) is 5.89 Å². The van der Waals surface area contributed by atoms with Gasteiger partial charge >= 0.3 is 0 Å². The summed E-state index contributed by atoms with van der Waals surface area (Å²) in [4.78, 5) is 7.28. The Hall–Kier alpha value is -6.23. The zero-order valence-corrected chi connectivity index (χ0v) is 27.2. The van der Waals surface area contributed by atoms with E-state index in [0.717, 1.165) is 33.7 Å². The van der Waals surface area contributed by atoms with Crippen LogP contribution in [0, 0.1) is 0 Å². The molecule has 0 bridgehead atoms. The number of fused-ring (bicyclic) bond motifs is 7. The van der Waals surface area contributed by atoms with Gasteiger partial charge in [0.05, 0.1) is 10.4 Å². The molecule has 0 radical (unpaired) electrons. The summed E-state index contributed by atoms with van der Waals surface area (Å²) in [5, 5.41) is 7.35. The van der Waals surface area contributed by atoms with Gasteiger partial charge in [-0.05, 0) is 87.3 Å². The maximum atomic E-state index is 6.30. The first-order valence-electron chi connectivity index (χ1n) is 16.5. The molecule has 0 fully saturated rings. The molecule has 0 aliphatic carbocycles. The van der Waals surface area contributed by atoms with E-state index in [9.17, 15) is 0 Å². The Morgan fingerprint density at radius 2 is 1.12 bits per heavy atom. The van der Waals surface area contributed by atoms with Crippen LogP contribution in [0.5, 0.6) is 0 Å². The summed E-state index contributed by atoms with van der Waals surface area (Å²) >= 11 is 1.81. The van der Waals surface area contributed by atoms with Crippen LogP contribution in [0.3, 0.4) is 0 Å². The van der Waals surface area contributed by atoms with Crippen LogP contribution in [0.15, 0.2) is 174 Å². The van der Waals surface area contributed by atoms with Crippen LogP contribution in [-0.4, -0.2) is 4.98 Å². The minimum absolute atomic E-state index is 0.646. The summed E-state index contributed by atoms with van der Waals surface area (Å²) in [5.41, 5.74) is 8.40. The van der Waals surface area contributed by atoms with Gasteiger partial charge in [-0.3, -0.25) is 0 Å². The number of anilines is 3. The molecule has 230 valence electrons. The highest BCUT2D eigenvalue weighted by atomic mass is 32.1. The first-order valence-corrected chi connectivity index (χ1v) is 17.3. The molecule has 0 N–H and O–H groups in total. The second kappa shape index (κ2) is 11.2. The Kier molecular flexibility index (Phi) is 6.36. The van der Waals surface area contributed by atoms with E-state index in [0.29, 0.717) is 5.89 Å². The lowest BCUT2D eigenvalue weighted by Crippen LogP contribution is -2.10. The highest BCUT2D eigenvalue weighted by Gasteiger charge is 2.20. The van der Waals surface area contributed by atoms with Crippen molar-refractivity contribution in [3.8, 4) is 22.6 Å². The lowest BCUT2D eigenvalue weighted by atomic mass is 10.0. The quantitative estimate of drug-likeness (QED) is 0.175. The van der Waals surface area contributed by atoms with Crippen LogP contribution < -0.4 is 4.90 Å². The van der Waals surface area contributed by atoms with Gasteiger partial charge in [-0.2, -0.15) is 0 Å². The van der Waals surface area contributed by atoms with Crippen molar-refractivity contribution in [1.82, 2.24) is 4.98 Å². The van der Waals surface area contributed by atoms with Crippen molar-refractivity contribution in [3.63, 3.8) is 0 Å². The first-order chi connectivity index (χ1) is 24.3. The fourth-order valence-corrected chi connectivity index (χ4v) is 8.30. The van der Waals surface area contributed by atoms with Crippen molar-refractivity contribution < 1.29 is 4.42 Å². The number of hydrogen-bond donors (Lipinski definition) is 0. The molecule has 3 nitrogen and oxygen atoms in total. The monoisotopic (exact) mass is 644 g/mol. The van der Waals surface area contributed by atoms with Crippen molar-refractivity contribution >= 4 is 81.2 Å². The summed E-state index contributed by atoms with van der Waals surface area (Å²) in [7, 11) is 0. The van der Waals surface area contributed by atoms with Crippen LogP contribution >= 0.6 is 11.3 Å². The molecule has 0 unspecified atom stereocenters. The number of thiophene rings is 1. The Bertz CT molecular complexity index is 2820. The number of rotatable bonds is 5. The lowest BCUT2D eigenvalue weighted by Gasteiger charge is -2.27. The molecule has 4 heteroatoms. The van der Waals surface area contributed by atoms with Crippen LogP contribution in [0.2, 0.25) is 0 Å². The second-order valence-electron chi connectivity index (χ2n) is 12.4. The van der Waals surface area contributed by atoms with E-state index in [2.05, 4.69) is 144 Å². The molecule has 0 aliphatic rings. The predicted octanol–water partition coefficient (Wildman–Crippen LogP) is 13.3. The molecular formula is C45H28N2OS. The standard InChI is InChI=1S/C45H28N2OS/c1-3-10-29(11-4-1)30-20-23-34(24-21-30)47(35-25-22-32-19-18-31-12-7-8-15-36(31)38(32)26-35)41-17-9-16-37-39-27-42-40(28-43(39)49-44(37)41)46-45(48-42)33-13-5-2-6-14-33/h1-28H. The number of nitrogens with zero attached hydrogens (tertiary/aromatic N) is 2. The van der Waals surface area contributed by atoms with Crippen molar-refractivity contribution in [2.75, 3.05) is 4.90 Å². The molecule has 8 aromatic carbocycles. The Balaban J connectivity index is 1.17. The molecule has 0 amide bonds. The molecule has 0 spiro atoms. The van der Waals surface area contributed by atoms with E-state index in [1.807, 2.05) is 41.7 Å². The molecule has 10 rings (SSSR count). The van der Waals surface area contributed by atoms with Crippen molar-refractivity contribution in [1.29, 1.82) is 0 Å². The zero-order valence-electron chi connectivity index (χ0n) is 26.4. The van der Waals surface area contributed by atoms with E-state index in [1.165, 1.54) is 52.8 Å². The van der Waals surface area contributed by atoms with E-state index < -0.39 is 0 Å². The zero-order chi connectivity index (χ0) is 32.3. The van der Waals surface area contributed by atoms with Gasteiger partial charge in [-0.1, -0.05) is 115 Å². The number of oxazole rings is 1. The summed E-state index contributed by atoms with van der Waals surface area (Å²) in [6.45, 7) is 0. The maximum Gasteiger partial charge on any atom is 0.227 e. The average molecular weight is 645 g/mol. The van der Waals surface area contributed by atoms with Gasteiger partial charge < -0.3 is 9.32 Å². The fraction of sp³-hybridized carbons (Fsp3) is 0. The molecule has 0 saturated heterocycles. The maximum absolute atomic E-state index is 6.30. The third-order valence-electron chi connectivity index (χ3n) is 9.47. The predicted molar refractivity (Wildman–Crippen MR) is 207 cm³/mol. The van der Waals surface area contributed by atoms with E-state index in [4.69, 9.17) is 9.40 Å². The number of benzene rings is 8. The molecule has 0 atom stereocenters. The third kappa shape index (κ3) is 4.68. The summed E-state index contributed by atoms with van der Waals surface area (Å²) < 4.78 is 8.71. The first kappa shape index (κ1) is 27.8. The smallest absolute Gasteiger partial charge is 0.227 e. The number of hydrogen-bond acceptors (Lipinski definition) is 4. The average Bonchev–Trinajstić information content (AvgIpc) is 3.76. The number of aromatic nitrogens is 1.